The quantitative estimate of drug-likeness (QED) is 0.598. The van der Waals surface area contributed by atoms with E-state index in [2.05, 4.69) is 24.5 Å². The van der Waals surface area contributed by atoms with Gasteiger partial charge in [-0.3, -0.25) is 10.1 Å². The van der Waals surface area contributed by atoms with Gasteiger partial charge in [-0.15, -0.1) is 0 Å². The van der Waals surface area contributed by atoms with Gasteiger partial charge < -0.3 is 10.4 Å². The van der Waals surface area contributed by atoms with Gasteiger partial charge in [0.25, 0.3) is 5.91 Å². The van der Waals surface area contributed by atoms with Gasteiger partial charge in [0.05, 0.1) is 0 Å². The van der Waals surface area contributed by atoms with E-state index in [-0.39, 0.29) is 16.8 Å². The van der Waals surface area contributed by atoms with E-state index in [4.69, 9.17) is 12.2 Å². The highest BCUT2D eigenvalue weighted by molar-refractivity contribution is 7.80. The van der Waals surface area contributed by atoms with E-state index in [1.54, 1.807) is 24.3 Å². The average molecular weight is 314 g/mol. The molecule has 0 aliphatic heterocycles. The third kappa shape index (κ3) is 4.30. The third-order valence-corrected chi connectivity index (χ3v) is 3.40. The first-order valence-electron chi connectivity index (χ1n) is 6.97. The van der Waals surface area contributed by atoms with Crippen molar-refractivity contribution in [3.63, 3.8) is 0 Å². The van der Waals surface area contributed by atoms with Crippen molar-refractivity contribution in [2.24, 2.45) is 0 Å². The van der Waals surface area contributed by atoms with Gasteiger partial charge in [0.15, 0.2) is 5.11 Å². The van der Waals surface area contributed by atoms with Crippen LogP contribution in [0.5, 0.6) is 5.75 Å². The molecule has 5 heteroatoms. The summed E-state index contributed by atoms with van der Waals surface area (Å²) in [5.74, 6) is 0.340. The van der Waals surface area contributed by atoms with Gasteiger partial charge in [-0.25, -0.2) is 0 Å². The van der Waals surface area contributed by atoms with Crippen molar-refractivity contribution in [1.82, 2.24) is 5.32 Å². The number of amides is 1. The molecule has 0 heterocycles. The molecule has 22 heavy (non-hydrogen) atoms. The fourth-order valence-corrected chi connectivity index (χ4v) is 2.11. The van der Waals surface area contributed by atoms with Gasteiger partial charge in [0.2, 0.25) is 0 Å². The van der Waals surface area contributed by atoms with Crippen LogP contribution < -0.4 is 10.6 Å². The van der Waals surface area contributed by atoms with Crippen LogP contribution in [0.25, 0.3) is 0 Å². The Labute approximate surface area is 135 Å². The van der Waals surface area contributed by atoms with E-state index in [1.807, 2.05) is 12.1 Å². The average Bonchev–Trinajstić information content (AvgIpc) is 2.49. The number of phenols is 1. The SMILES string of the molecule is CC(C)c1ccc(C(=O)NC(=S)Nc2ccc(O)cc2)cc1. The molecule has 0 fully saturated rings. The topological polar surface area (TPSA) is 61.4 Å². The van der Waals surface area contributed by atoms with Crippen LogP contribution in [0.1, 0.15) is 35.7 Å². The molecule has 2 aromatic rings. The Balaban J connectivity index is 1.96. The summed E-state index contributed by atoms with van der Waals surface area (Å²) >= 11 is 5.11. The zero-order valence-corrected chi connectivity index (χ0v) is 13.3. The molecule has 0 aliphatic carbocycles. The molecule has 4 nitrogen and oxygen atoms in total. The van der Waals surface area contributed by atoms with Crippen LogP contribution in [0.15, 0.2) is 48.5 Å². The maximum absolute atomic E-state index is 12.1. The predicted molar refractivity (Wildman–Crippen MR) is 92.3 cm³/mol. The number of anilines is 1. The molecule has 0 saturated carbocycles. The molecule has 114 valence electrons. The minimum absolute atomic E-state index is 0.172. The van der Waals surface area contributed by atoms with Gasteiger partial charge in [0, 0.05) is 11.3 Å². The first-order chi connectivity index (χ1) is 10.5. The molecule has 2 aromatic carbocycles. The predicted octanol–water partition coefficient (Wildman–Crippen LogP) is 3.64. The van der Waals surface area contributed by atoms with Crippen LogP contribution in [0.4, 0.5) is 5.69 Å². The molecule has 2 rings (SSSR count). The number of hydrogen-bond acceptors (Lipinski definition) is 3. The molecule has 0 unspecified atom stereocenters. The monoisotopic (exact) mass is 314 g/mol. The number of carbonyl (C=O) groups excluding carboxylic acids is 1. The van der Waals surface area contributed by atoms with Crippen LogP contribution in [-0.2, 0) is 0 Å². The highest BCUT2D eigenvalue weighted by Gasteiger charge is 2.08. The van der Waals surface area contributed by atoms with Gasteiger partial charge >= 0.3 is 0 Å². The number of rotatable bonds is 3. The van der Waals surface area contributed by atoms with Crippen molar-refractivity contribution in [2.45, 2.75) is 19.8 Å². The van der Waals surface area contributed by atoms with Crippen LogP contribution in [0.2, 0.25) is 0 Å². The lowest BCUT2D eigenvalue weighted by molar-refractivity contribution is 0.0977. The second-order valence-electron chi connectivity index (χ2n) is 5.23. The number of carbonyl (C=O) groups is 1. The number of benzene rings is 2. The number of phenolic OH excluding ortho intramolecular Hbond substituents is 1. The first kappa shape index (κ1) is 16.0. The molecule has 3 N–H and O–H groups in total. The van der Waals surface area contributed by atoms with Crippen molar-refractivity contribution in [1.29, 1.82) is 0 Å². The third-order valence-electron chi connectivity index (χ3n) is 3.19. The van der Waals surface area contributed by atoms with E-state index in [9.17, 15) is 9.90 Å². The van der Waals surface area contributed by atoms with Crippen LogP contribution in [-0.4, -0.2) is 16.1 Å². The number of thiocarbonyl (C=S) groups is 1. The highest BCUT2D eigenvalue weighted by Crippen LogP contribution is 2.15. The Morgan fingerprint density at radius 1 is 1.05 bits per heavy atom. The van der Waals surface area contributed by atoms with Gasteiger partial charge in [-0.1, -0.05) is 26.0 Å². The second kappa shape index (κ2) is 7.04. The highest BCUT2D eigenvalue weighted by atomic mass is 32.1. The maximum atomic E-state index is 12.1. The van der Waals surface area contributed by atoms with Crippen LogP contribution in [0.3, 0.4) is 0 Å². The van der Waals surface area contributed by atoms with Crippen molar-refractivity contribution in [3.8, 4) is 5.75 Å². The van der Waals surface area contributed by atoms with Gasteiger partial charge in [0.1, 0.15) is 5.75 Å². The van der Waals surface area contributed by atoms with Crippen LogP contribution >= 0.6 is 12.2 Å². The number of nitrogens with one attached hydrogen (secondary N) is 2. The lowest BCUT2D eigenvalue weighted by Gasteiger charge is -2.10. The lowest BCUT2D eigenvalue weighted by atomic mass is 10.0. The molecule has 1 amide bonds. The summed E-state index contributed by atoms with van der Waals surface area (Å²) in [5.41, 5.74) is 2.43. The van der Waals surface area contributed by atoms with Crippen molar-refractivity contribution in [2.75, 3.05) is 5.32 Å². The minimum atomic E-state index is -0.258. The smallest absolute Gasteiger partial charge is 0.257 e. The standard InChI is InChI=1S/C17H18N2O2S/c1-11(2)12-3-5-13(6-4-12)16(21)19-17(22)18-14-7-9-15(20)10-8-14/h3-11,20H,1-2H3,(H2,18,19,21,22). The van der Waals surface area contributed by atoms with Gasteiger partial charge in [-0.2, -0.15) is 0 Å². The first-order valence-corrected chi connectivity index (χ1v) is 7.38. The molecule has 0 aliphatic rings. The van der Waals surface area contributed by atoms with E-state index < -0.39 is 0 Å². The van der Waals surface area contributed by atoms with E-state index in [0.29, 0.717) is 17.2 Å². The molecule has 0 aromatic heterocycles. The van der Waals surface area contributed by atoms with Crippen molar-refractivity contribution >= 4 is 28.9 Å². The molecule has 0 saturated heterocycles. The Morgan fingerprint density at radius 2 is 1.64 bits per heavy atom. The van der Waals surface area contributed by atoms with Gasteiger partial charge in [-0.05, 0) is 60.1 Å². The maximum Gasteiger partial charge on any atom is 0.257 e. The minimum Gasteiger partial charge on any atom is -0.508 e. The summed E-state index contributed by atoms with van der Waals surface area (Å²) in [6, 6.07) is 13.9. The fraction of sp³-hybridized carbons (Fsp3) is 0.176. The second-order valence-corrected chi connectivity index (χ2v) is 5.64. The lowest BCUT2D eigenvalue weighted by Crippen LogP contribution is -2.34. The summed E-state index contributed by atoms with van der Waals surface area (Å²) in [4.78, 5) is 12.1. The van der Waals surface area contributed by atoms with Crippen LogP contribution in [0, 0.1) is 0 Å². The van der Waals surface area contributed by atoms with Crippen molar-refractivity contribution < 1.29 is 9.90 Å². The fourth-order valence-electron chi connectivity index (χ4n) is 1.90. The molecular weight excluding hydrogens is 296 g/mol. The zero-order valence-electron chi connectivity index (χ0n) is 12.5. The molecule has 0 spiro atoms. The molecule has 0 bridgehead atoms. The molecule has 0 radical (unpaired) electrons. The summed E-state index contributed by atoms with van der Waals surface area (Å²) in [6.07, 6.45) is 0. The number of aromatic hydroxyl groups is 1. The van der Waals surface area contributed by atoms with E-state index >= 15 is 0 Å². The molecule has 0 atom stereocenters. The van der Waals surface area contributed by atoms with E-state index in [0.717, 1.165) is 0 Å². The Bertz CT molecular complexity index is 664. The number of hydrogen-bond donors (Lipinski definition) is 3. The Hall–Kier alpha value is -2.40. The summed E-state index contributed by atoms with van der Waals surface area (Å²) in [6.45, 7) is 4.21. The molecular formula is C17H18N2O2S. The normalized spacial score (nSPS) is 10.3. The summed E-state index contributed by atoms with van der Waals surface area (Å²) < 4.78 is 0. The van der Waals surface area contributed by atoms with E-state index in [1.165, 1.54) is 17.7 Å². The summed E-state index contributed by atoms with van der Waals surface area (Å²) in [5, 5.41) is 14.9. The zero-order chi connectivity index (χ0) is 16.1. The largest absolute Gasteiger partial charge is 0.508 e. The Morgan fingerprint density at radius 3 is 2.18 bits per heavy atom. The Kier molecular flexibility index (Phi) is 5.12. The van der Waals surface area contributed by atoms with Crippen molar-refractivity contribution in [3.05, 3.63) is 59.7 Å². The summed E-state index contributed by atoms with van der Waals surface area (Å²) in [7, 11) is 0.